The molecule has 10 heteroatoms. The van der Waals surface area contributed by atoms with Crippen LogP contribution in [-0.2, 0) is 21.9 Å². The molecule has 0 fully saturated rings. The van der Waals surface area contributed by atoms with Crippen LogP contribution in [-0.4, -0.2) is 38.7 Å². The predicted octanol–water partition coefficient (Wildman–Crippen LogP) is 4.58. The predicted molar refractivity (Wildman–Crippen MR) is 143 cm³/mol. The minimum atomic E-state index is -0.672. The molecule has 0 spiro atoms. The Morgan fingerprint density at radius 3 is 2.49 bits per heavy atom. The van der Waals surface area contributed by atoms with Crippen molar-refractivity contribution in [3.63, 3.8) is 0 Å². The number of nitro benzene ring substituents is 1. The second kappa shape index (κ2) is 10.8. The molecule has 5 rings (SSSR count). The lowest BCUT2D eigenvalue weighted by molar-refractivity contribution is -0.384. The molecule has 0 bridgehead atoms. The molecule has 0 aromatic heterocycles. The number of nitrogens with zero attached hydrogens (tertiary/aromatic N) is 4. The molecule has 37 heavy (non-hydrogen) atoms. The quantitative estimate of drug-likeness (QED) is 0.349. The number of nitro groups is 1. The van der Waals surface area contributed by atoms with Gasteiger partial charge >= 0.3 is 0 Å². The van der Waals surface area contributed by atoms with Gasteiger partial charge in [-0.3, -0.25) is 24.7 Å². The molecule has 2 heterocycles. The summed E-state index contributed by atoms with van der Waals surface area (Å²) in [5, 5.41) is 14.3. The monoisotopic (exact) mass is 513 g/mol. The summed E-state index contributed by atoms with van der Waals surface area (Å²) < 4.78 is 0. The number of thioether (sulfide) groups is 1. The van der Waals surface area contributed by atoms with E-state index >= 15 is 0 Å². The molecule has 3 aromatic rings. The van der Waals surface area contributed by atoms with Gasteiger partial charge in [0.25, 0.3) is 11.6 Å². The Hall–Kier alpha value is -4.31. The van der Waals surface area contributed by atoms with E-state index in [1.807, 2.05) is 54.6 Å². The van der Waals surface area contributed by atoms with Gasteiger partial charge in [0.05, 0.1) is 10.6 Å². The van der Waals surface area contributed by atoms with Crippen molar-refractivity contribution in [2.24, 2.45) is 9.98 Å². The van der Waals surface area contributed by atoms with Crippen molar-refractivity contribution in [2.45, 2.75) is 31.2 Å². The summed E-state index contributed by atoms with van der Waals surface area (Å²) in [6.45, 7) is 0.433. The van der Waals surface area contributed by atoms with Crippen molar-refractivity contribution in [1.82, 2.24) is 10.2 Å². The lowest BCUT2D eigenvalue weighted by Crippen LogP contribution is -2.41. The Morgan fingerprint density at radius 2 is 1.73 bits per heavy atom. The van der Waals surface area contributed by atoms with Gasteiger partial charge in [-0.05, 0) is 29.7 Å². The topological polar surface area (TPSA) is 117 Å². The zero-order valence-electron chi connectivity index (χ0n) is 19.7. The highest BCUT2D eigenvalue weighted by Gasteiger charge is 2.41. The fraction of sp³-hybridized carbons (Fsp3) is 0.185. The lowest BCUT2D eigenvalue weighted by Gasteiger charge is -2.25. The number of carbonyl (C=O) groups excluding carboxylic acids is 2. The summed E-state index contributed by atoms with van der Waals surface area (Å²) in [6, 6.07) is 22.8. The second-order valence-electron chi connectivity index (χ2n) is 8.57. The van der Waals surface area contributed by atoms with Gasteiger partial charge in [0, 0.05) is 36.4 Å². The Morgan fingerprint density at radius 1 is 1.00 bits per heavy atom. The Bertz CT molecular complexity index is 1410. The number of carbonyl (C=O) groups is 2. The van der Waals surface area contributed by atoms with Crippen molar-refractivity contribution in [1.29, 1.82) is 0 Å². The van der Waals surface area contributed by atoms with Gasteiger partial charge in [0.1, 0.15) is 11.9 Å². The Labute approximate surface area is 217 Å². The minimum absolute atomic E-state index is 0.0254. The van der Waals surface area contributed by atoms with Crippen molar-refractivity contribution in [3.8, 4) is 0 Å². The zero-order valence-corrected chi connectivity index (χ0v) is 20.6. The van der Waals surface area contributed by atoms with Gasteiger partial charge in [0.2, 0.25) is 5.91 Å². The Kier molecular flexibility index (Phi) is 7.09. The number of aliphatic imine (C=N–C) groups is 2. The maximum Gasteiger partial charge on any atom is 0.269 e. The van der Waals surface area contributed by atoms with Gasteiger partial charge < -0.3 is 5.32 Å². The van der Waals surface area contributed by atoms with Crippen LogP contribution in [0.5, 0.6) is 0 Å². The van der Waals surface area contributed by atoms with Crippen LogP contribution in [0.3, 0.4) is 0 Å². The molecule has 0 radical (unpaired) electrons. The van der Waals surface area contributed by atoms with E-state index in [-0.39, 0.29) is 23.9 Å². The highest BCUT2D eigenvalue weighted by Crippen LogP contribution is 2.35. The van der Waals surface area contributed by atoms with Gasteiger partial charge in [-0.1, -0.05) is 66.4 Å². The van der Waals surface area contributed by atoms with Crippen LogP contribution in [0.2, 0.25) is 0 Å². The molecule has 0 aliphatic carbocycles. The smallest absolute Gasteiger partial charge is 0.269 e. The summed E-state index contributed by atoms with van der Waals surface area (Å²) >= 11 is 1.37. The first-order valence-corrected chi connectivity index (χ1v) is 12.7. The third-order valence-corrected chi connectivity index (χ3v) is 7.05. The van der Waals surface area contributed by atoms with E-state index in [2.05, 4.69) is 5.32 Å². The van der Waals surface area contributed by atoms with Crippen LogP contribution in [0.1, 0.15) is 29.5 Å². The van der Waals surface area contributed by atoms with Gasteiger partial charge in [-0.15, -0.1) is 0 Å². The van der Waals surface area contributed by atoms with Crippen LogP contribution in [0.15, 0.2) is 88.8 Å². The van der Waals surface area contributed by atoms with Crippen molar-refractivity contribution in [3.05, 3.63) is 106 Å². The van der Waals surface area contributed by atoms with E-state index in [1.165, 1.54) is 28.8 Å². The van der Waals surface area contributed by atoms with Gasteiger partial charge in [-0.25, -0.2) is 9.89 Å². The molecular formula is C27H23N5O4S. The number of rotatable bonds is 8. The van der Waals surface area contributed by atoms with Crippen LogP contribution in [0, 0.1) is 10.1 Å². The number of non-ortho nitro benzene ring substituents is 1. The van der Waals surface area contributed by atoms with Crippen molar-refractivity contribution < 1.29 is 14.5 Å². The van der Waals surface area contributed by atoms with Crippen LogP contribution < -0.4 is 5.32 Å². The molecule has 3 aromatic carbocycles. The van der Waals surface area contributed by atoms with Crippen molar-refractivity contribution >= 4 is 46.0 Å². The van der Waals surface area contributed by atoms with Crippen LogP contribution >= 0.6 is 11.8 Å². The normalized spacial score (nSPS) is 15.9. The number of amides is 2. The molecule has 9 nitrogen and oxygen atoms in total. The minimum Gasteiger partial charge on any atom is -0.352 e. The Balaban J connectivity index is 1.27. The summed E-state index contributed by atoms with van der Waals surface area (Å²) in [5.41, 5.74) is 3.39. The summed E-state index contributed by atoms with van der Waals surface area (Å²) in [7, 11) is 0. The highest BCUT2D eigenvalue weighted by molar-refractivity contribution is 8.13. The fourth-order valence-corrected chi connectivity index (χ4v) is 5.06. The molecule has 1 atom stereocenters. The molecule has 0 saturated heterocycles. The molecule has 0 saturated carbocycles. The van der Waals surface area contributed by atoms with Crippen molar-refractivity contribution in [2.75, 3.05) is 0 Å². The number of benzene rings is 3. The zero-order chi connectivity index (χ0) is 25.8. The molecule has 2 aliphatic rings. The average molecular weight is 514 g/mol. The van der Waals surface area contributed by atoms with Crippen LogP contribution in [0.25, 0.3) is 0 Å². The molecule has 2 aliphatic heterocycles. The van der Waals surface area contributed by atoms with E-state index in [0.29, 0.717) is 29.7 Å². The molecule has 0 unspecified atom stereocenters. The summed E-state index contributed by atoms with van der Waals surface area (Å²) in [6.07, 6.45) is 0.472. The third-order valence-electron chi connectivity index (χ3n) is 6.04. The first-order valence-electron chi connectivity index (χ1n) is 11.8. The third kappa shape index (κ3) is 5.44. The summed E-state index contributed by atoms with van der Waals surface area (Å²) in [5.74, 6) is 0.665. The second-order valence-corrected chi connectivity index (χ2v) is 9.51. The number of para-hydroxylation sites is 1. The summed E-state index contributed by atoms with van der Waals surface area (Å²) in [4.78, 5) is 47.2. The number of amidine groups is 2. The molecule has 1 N–H and O–H groups in total. The van der Waals surface area contributed by atoms with Gasteiger partial charge in [-0.2, -0.15) is 0 Å². The van der Waals surface area contributed by atoms with E-state index in [0.717, 1.165) is 22.4 Å². The van der Waals surface area contributed by atoms with E-state index < -0.39 is 11.0 Å². The SMILES string of the molecule is O=C(CC[C@H]1N=C2c3ccccc3N=C(SCc3ccc([N+](=O)[O-])cc3)N2C1=O)NCc1ccccc1. The van der Waals surface area contributed by atoms with E-state index in [4.69, 9.17) is 9.98 Å². The number of fused-ring (bicyclic) bond motifs is 3. The molecular weight excluding hydrogens is 490 g/mol. The number of hydrogen-bond acceptors (Lipinski definition) is 7. The van der Waals surface area contributed by atoms with Crippen LogP contribution in [0.4, 0.5) is 11.4 Å². The highest BCUT2D eigenvalue weighted by atomic mass is 32.2. The maximum atomic E-state index is 13.4. The first kappa shape index (κ1) is 24.4. The lowest BCUT2D eigenvalue weighted by atomic mass is 10.1. The van der Waals surface area contributed by atoms with E-state index in [1.54, 1.807) is 12.1 Å². The molecule has 2 amide bonds. The number of hydrogen-bond donors (Lipinski definition) is 1. The largest absolute Gasteiger partial charge is 0.352 e. The van der Waals surface area contributed by atoms with Gasteiger partial charge in [0.15, 0.2) is 5.17 Å². The first-order chi connectivity index (χ1) is 18.0. The molecule has 186 valence electrons. The average Bonchev–Trinajstić information content (AvgIpc) is 3.26. The standard InChI is InChI=1S/C27H23N5O4S/c33-24(28-16-18-6-2-1-3-7-18)15-14-23-26(34)31-25(29-23)21-8-4-5-9-22(21)30-27(31)37-17-19-10-12-20(13-11-19)32(35)36/h1-13,23H,14-17H2,(H,28,33)/t23-/m1/s1. The van der Waals surface area contributed by atoms with E-state index in [9.17, 15) is 19.7 Å². The maximum absolute atomic E-state index is 13.4. The number of nitrogens with one attached hydrogen (secondary N) is 1. The fourth-order valence-electron chi connectivity index (χ4n) is 4.10.